The van der Waals surface area contributed by atoms with Crippen molar-refractivity contribution < 1.29 is 0 Å². The van der Waals surface area contributed by atoms with Crippen LogP contribution in [0.1, 0.15) is 23.4 Å². The first kappa shape index (κ1) is 13.0. The van der Waals surface area contributed by atoms with Gasteiger partial charge in [-0.1, -0.05) is 36.4 Å². The first-order chi connectivity index (χ1) is 10.7. The van der Waals surface area contributed by atoms with E-state index >= 15 is 0 Å². The molecule has 22 heavy (non-hydrogen) atoms. The van der Waals surface area contributed by atoms with E-state index in [0.717, 1.165) is 29.9 Å². The van der Waals surface area contributed by atoms with Crippen LogP contribution >= 0.6 is 0 Å². The molecule has 1 aromatic heterocycles. The molecule has 108 valence electrons. The number of hydrogen-bond acceptors (Lipinski definition) is 2. The standard InChI is InChI=1S/C19H16N2O/c1-13-6-2-3-7-14(13)12-15-10-11-21-17-9-5-4-8-16(17)19(22)20-18(15)21/h2-9,12H,10-11H2,1H3/b15-12+. The molecular formula is C19H16N2O. The Bertz CT molecular complexity index is 967. The normalized spacial score (nSPS) is 15.4. The van der Waals surface area contributed by atoms with Crippen LogP contribution in [0.15, 0.2) is 53.3 Å². The summed E-state index contributed by atoms with van der Waals surface area (Å²) in [6.45, 7) is 2.98. The Kier molecular flexibility index (Phi) is 2.93. The van der Waals surface area contributed by atoms with Crippen LogP contribution in [-0.2, 0) is 6.54 Å². The van der Waals surface area contributed by atoms with Gasteiger partial charge in [-0.15, -0.1) is 0 Å². The van der Waals surface area contributed by atoms with Crippen molar-refractivity contribution in [3.05, 3.63) is 75.8 Å². The minimum atomic E-state index is -0.139. The van der Waals surface area contributed by atoms with Crippen molar-refractivity contribution in [3.8, 4) is 0 Å². The Morgan fingerprint density at radius 1 is 1.09 bits per heavy atom. The summed E-state index contributed by atoms with van der Waals surface area (Å²) in [7, 11) is 0. The van der Waals surface area contributed by atoms with E-state index in [1.165, 1.54) is 11.1 Å². The number of aromatic nitrogens is 2. The molecule has 3 nitrogen and oxygen atoms in total. The van der Waals surface area contributed by atoms with Crippen molar-refractivity contribution in [2.24, 2.45) is 0 Å². The Morgan fingerprint density at radius 2 is 1.86 bits per heavy atom. The Balaban J connectivity index is 1.94. The highest BCUT2D eigenvalue weighted by molar-refractivity contribution is 5.86. The molecule has 4 rings (SSSR count). The van der Waals surface area contributed by atoms with Crippen molar-refractivity contribution in [2.45, 2.75) is 19.9 Å². The lowest BCUT2D eigenvalue weighted by Crippen LogP contribution is -2.14. The Morgan fingerprint density at radius 3 is 2.73 bits per heavy atom. The monoisotopic (exact) mass is 288 g/mol. The quantitative estimate of drug-likeness (QED) is 0.685. The highest BCUT2D eigenvalue weighted by Gasteiger charge is 2.20. The maximum Gasteiger partial charge on any atom is 0.281 e. The molecule has 0 saturated heterocycles. The lowest BCUT2D eigenvalue weighted by atomic mass is 10.0. The van der Waals surface area contributed by atoms with Gasteiger partial charge in [-0.2, -0.15) is 4.98 Å². The van der Waals surface area contributed by atoms with Gasteiger partial charge in [-0.05, 0) is 48.3 Å². The summed E-state index contributed by atoms with van der Waals surface area (Å²) in [6, 6.07) is 16.0. The molecule has 2 heterocycles. The number of hydrogen-bond donors (Lipinski definition) is 0. The summed E-state index contributed by atoms with van der Waals surface area (Å²) in [5.74, 6) is 0.812. The van der Waals surface area contributed by atoms with Gasteiger partial charge in [-0.3, -0.25) is 4.79 Å². The van der Waals surface area contributed by atoms with Crippen LogP contribution in [0.3, 0.4) is 0 Å². The maximum absolute atomic E-state index is 12.3. The van der Waals surface area contributed by atoms with Gasteiger partial charge in [0.05, 0.1) is 10.9 Å². The summed E-state index contributed by atoms with van der Waals surface area (Å²) < 4.78 is 2.15. The third-order valence-corrected chi connectivity index (χ3v) is 4.30. The zero-order valence-electron chi connectivity index (χ0n) is 12.4. The van der Waals surface area contributed by atoms with Gasteiger partial charge in [0.25, 0.3) is 5.56 Å². The predicted octanol–water partition coefficient (Wildman–Crippen LogP) is 3.65. The fourth-order valence-electron chi connectivity index (χ4n) is 3.11. The van der Waals surface area contributed by atoms with E-state index in [4.69, 9.17) is 0 Å². The second-order valence-corrected chi connectivity index (χ2v) is 5.69. The van der Waals surface area contributed by atoms with Gasteiger partial charge in [-0.25, -0.2) is 0 Å². The zero-order valence-corrected chi connectivity index (χ0v) is 12.4. The van der Waals surface area contributed by atoms with Crippen molar-refractivity contribution in [3.63, 3.8) is 0 Å². The van der Waals surface area contributed by atoms with E-state index in [1.807, 2.05) is 36.4 Å². The molecule has 0 saturated carbocycles. The van der Waals surface area contributed by atoms with Gasteiger partial charge in [0, 0.05) is 6.54 Å². The smallest absolute Gasteiger partial charge is 0.281 e. The first-order valence-electron chi connectivity index (χ1n) is 7.50. The van der Waals surface area contributed by atoms with E-state index in [-0.39, 0.29) is 5.56 Å². The van der Waals surface area contributed by atoms with Crippen LogP contribution in [0.25, 0.3) is 22.6 Å². The number of allylic oxidation sites excluding steroid dienone is 1. The largest absolute Gasteiger partial charge is 0.325 e. The lowest BCUT2D eigenvalue weighted by Gasteiger charge is -2.07. The SMILES string of the molecule is Cc1ccccc1/C=C1\CCn2c1nc(=O)c1ccccc12. The molecule has 0 bridgehead atoms. The number of nitrogens with zero attached hydrogens (tertiary/aromatic N) is 2. The summed E-state index contributed by atoms with van der Waals surface area (Å²) in [5.41, 5.74) is 4.40. The summed E-state index contributed by atoms with van der Waals surface area (Å²) in [5, 5.41) is 0.698. The molecule has 2 aromatic carbocycles. The average Bonchev–Trinajstić information content (AvgIpc) is 2.93. The number of rotatable bonds is 1. The number of para-hydroxylation sites is 1. The van der Waals surface area contributed by atoms with Crippen LogP contribution in [0.4, 0.5) is 0 Å². The minimum absolute atomic E-state index is 0.139. The summed E-state index contributed by atoms with van der Waals surface area (Å²) in [4.78, 5) is 16.6. The molecular weight excluding hydrogens is 272 g/mol. The van der Waals surface area contributed by atoms with Crippen LogP contribution in [0.5, 0.6) is 0 Å². The van der Waals surface area contributed by atoms with Crippen molar-refractivity contribution >= 4 is 22.6 Å². The number of fused-ring (bicyclic) bond motifs is 3. The van der Waals surface area contributed by atoms with Crippen molar-refractivity contribution in [2.75, 3.05) is 0 Å². The first-order valence-corrected chi connectivity index (χ1v) is 7.50. The van der Waals surface area contributed by atoms with E-state index in [1.54, 1.807) is 0 Å². The molecule has 0 amide bonds. The third-order valence-electron chi connectivity index (χ3n) is 4.30. The fraction of sp³-hybridized carbons (Fsp3) is 0.158. The number of benzene rings is 2. The van der Waals surface area contributed by atoms with Gasteiger partial charge in [0.2, 0.25) is 0 Å². The van der Waals surface area contributed by atoms with Crippen molar-refractivity contribution in [1.82, 2.24) is 9.55 Å². The molecule has 0 spiro atoms. The van der Waals surface area contributed by atoms with E-state index in [2.05, 4.69) is 34.7 Å². The van der Waals surface area contributed by atoms with Crippen molar-refractivity contribution in [1.29, 1.82) is 0 Å². The molecule has 3 aromatic rings. The van der Waals surface area contributed by atoms with Crippen LogP contribution in [-0.4, -0.2) is 9.55 Å². The highest BCUT2D eigenvalue weighted by atomic mass is 16.1. The molecule has 1 aliphatic rings. The topological polar surface area (TPSA) is 34.9 Å². The van der Waals surface area contributed by atoms with Crippen LogP contribution < -0.4 is 5.56 Å². The number of aryl methyl sites for hydroxylation is 2. The highest BCUT2D eigenvalue weighted by Crippen LogP contribution is 2.29. The zero-order chi connectivity index (χ0) is 15.1. The maximum atomic E-state index is 12.3. The van der Waals surface area contributed by atoms with Gasteiger partial charge in [0.15, 0.2) is 0 Å². The molecule has 0 N–H and O–H groups in total. The second kappa shape index (κ2) is 4.95. The van der Waals surface area contributed by atoms with Gasteiger partial charge < -0.3 is 4.57 Å². The molecule has 0 atom stereocenters. The molecule has 1 aliphatic heterocycles. The molecule has 0 radical (unpaired) electrons. The molecule has 0 unspecified atom stereocenters. The van der Waals surface area contributed by atoms with E-state index < -0.39 is 0 Å². The third kappa shape index (κ3) is 1.98. The lowest BCUT2D eigenvalue weighted by molar-refractivity contribution is 0.772. The molecule has 0 aliphatic carbocycles. The van der Waals surface area contributed by atoms with E-state index in [0.29, 0.717) is 5.39 Å². The molecule has 3 heteroatoms. The predicted molar refractivity (Wildman–Crippen MR) is 89.7 cm³/mol. The minimum Gasteiger partial charge on any atom is -0.325 e. The fourth-order valence-corrected chi connectivity index (χ4v) is 3.11. The van der Waals surface area contributed by atoms with Crippen LogP contribution in [0, 0.1) is 6.92 Å². The Hall–Kier alpha value is -2.68. The summed E-state index contributed by atoms with van der Waals surface area (Å²) in [6.07, 6.45) is 3.07. The second-order valence-electron chi connectivity index (χ2n) is 5.69. The Labute approximate surface area is 128 Å². The van der Waals surface area contributed by atoms with Gasteiger partial charge in [0.1, 0.15) is 5.82 Å². The van der Waals surface area contributed by atoms with E-state index in [9.17, 15) is 4.79 Å². The molecule has 0 fully saturated rings. The summed E-state index contributed by atoms with van der Waals surface area (Å²) >= 11 is 0. The average molecular weight is 288 g/mol. The van der Waals surface area contributed by atoms with Gasteiger partial charge >= 0.3 is 0 Å². The van der Waals surface area contributed by atoms with Crippen LogP contribution in [0.2, 0.25) is 0 Å².